The number of nitrogens with zero attached hydrogens (tertiary/aromatic N) is 1. The van der Waals surface area contributed by atoms with Gasteiger partial charge in [-0.25, -0.2) is 4.79 Å². The molecule has 0 saturated carbocycles. The van der Waals surface area contributed by atoms with Gasteiger partial charge in [0.2, 0.25) is 0 Å². The molecule has 1 unspecified atom stereocenters. The Morgan fingerprint density at radius 1 is 1.69 bits per heavy atom. The van der Waals surface area contributed by atoms with Crippen LogP contribution in [0.5, 0.6) is 0 Å². The van der Waals surface area contributed by atoms with Gasteiger partial charge < -0.3 is 14.9 Å². The molecule has 16 heavy (non-hydrogen) atoms. The lowest BCUT2D eigenvalue weighted by Gasteiger charge is -2.13. The van der Waals surface area contributed by atoms with Gasteiger partial charge in [0.25, 0.3) is 0 Å². The van der Waals surface area contributed by atoms with Crippen molar-refractivity contribution in [3.63, 3.8) is 0 Å². The highest BCUT2D eigenvalue weighted by molar-refractivity contribution is 7.71. The molecule has 0 amide bonds. The third-order valence-electron chi connectivity index (χ3n) is 2.55. The summed E-state index contributed by atoms with van der Waals surface area (Å²) >= 11 is 4.80. The average molecular weight is 244 g/mol. The van der Waals surface area contributed by atoms with Crippen LogP contribution in [0.15, 0.2) is 17.1 Å². The van der Waals surface area contributed by atoms with Gasteiger partial charge in [0.05, 0.1) is 12.7 Å². The fourth-order valence-corrected chi connectivity index (χ4v) is 1.85. The summed E-state index contributed by atoms with van der Waals surface area (Å²) in [5, 5.41) is 18.5. The SMILES string of the molecule is O=c1[nH]c(=S)ccn1[C@H]1CC(O)[C@@H](CO)O1. The first-order chi connectivity index (χ1) is 7.61. The molecular formula is C9H12N2O4S. The molecule has 3 atom stereocenters. The zero-order valence-corrected chi connectivity index (χ0v) is 9.18. The Morgan fingerprint density at radius 3 is 3.00 bits per heavy atom. The van der Waals surface area contributed by atoms with E-state index < -0.39 is 18.4 Å². The first-order valence-corrected chi connectivity index (χ1v) is 5.28. The lowest BCUT2D eigenvalue weighted by Crippen LogP contribution is -2.27. The van der Waals surface area contributed by atoms with Crippen LogP contribution in [0, 0.1) is 4.64 Å². The van der Waals surface area contributed by atoms with Crippen LogP contribution in [0.1, 0.15) is 12.6 Å². The number of hydrogen-bond donors (Lipinski definition) is 3. The Morgan fingerprint density at radius 2 is 2.44 bits per heavy atom. The minimum Gasteiger partial charge on any atom is -0.394 e. The standard InChI is InChI=1S/C9H12N2O4S/c12-4-6-5(13)3-8(15-6)11-2-1-7(16)10-9(11)14/h1-2,5-6,8,12-13H,3-4H2,(H,10,14,16)/t5?,6-,8-/m1/s1. The van der Waals surface area contributed by atoms with Crippen molar-refractivity contribution in [1.29, 1.82) is 0 Å². The fraction of sp³-hybridized carbons (Fsp3) is 0.556. The third-order valence-corrected chi connectivity index (χ3v) is 2.78. The second-order valence-corrected chi connectivity index (χ2v) is 4.07. The quantitative estimate of drug-likeness (QED) is 0.613. The molecule has 1 saturated heterocycles. The summed E-state index contributed by atoms with van der Waals surface area (Å²) in [5.74, 6) is 0. The van der Waals surface area contributed by atoms with E-state index in [2.05, 4.69) is 4.98 Å². The third kappa shape index (κ3) is 2.07. The molecule has 0 radical (unpaired) electrons. The summed E-state index contributed by atoms with van der Waals surface area (Å²) < 4.78 is 7.00. The number of ether oxygens (including phenoxy) is 1. The predicted molar refractivity (Wildman–Crippen MR) is 57.5 cm³/mol. The molecule has 2 rings (SSSR count). The van der Waals surface area contributed by atoms with Gasteiger partial charge in [0, 0.05) is 12.6 Å². The van der Waals surface area contributed by atoms with Gasteiger partial charge in [-0.2, -0.15) is 0 Å². The number of aromatic amines is 1. The molecule has 2 heterocycles. The van der Waals surface area contributed by atoms with Gasteiger partial charge in [0.1, 0.15) is 17.0 Å². The molecule has 0 aromatic carbocycles. The predicted octanol–water partition coefficient (Wildman–Crippen LogP) is -0.453. The number of aliphatic hydroxyl groups excluding tert-OH is 2. The minimum atomic E-state index is -0.759. The molecule has 7 heteroatoms. The highest BCUT2D eigenvalue weighted by Gasteiger charge is 2.34. The summed E-state index contributed by atoms with van der Waals surface area (Å²) in [6.07, 6.45) is -0.176. The Labute approximate surface area is 96.1 Å². The van der Waals surface area contributed by atoms with Gasteiger partial charge >= 0.3 is 5.69 Å². The Hall–Kier alpha value is -1.02. The zero-order chi connectivity index (χ0) is 11.7. The lowest BCUT2D eigenvalue weighted by atomic mass is 10.2. The fourth-order valence-electron chi connectivity index (χ4n) is 1.70. The van der Waals surface area contributed by atoms with Crippen molar-refractivity contribution in [2.75, 3.05) is 6.61 Å². The maximum Gasteiger partial charge on any atom is 0.328 e. The van der Waals surface area contributed by atoms with E-state index in [1.165, 1.54) is 10.8 Å². The van der Waals surface area contributed by atoms with Crippen LogP contribution in [0.3, 0.4) is 0 Å². The number of aliphatic hydroxyl groups is 2. The summed E-state index contributed by atoms with van der Waals surface area (Å²) in [6.45, 7) is -0.269. The van der Waals surface area contributed by atoms with Crippen molar-refractivity contribution in [3.05, 3.63) is 27.4 Å². The van der Waals surface area contributed by atoms with Crippen LogP contribution in [0.4, 0.5) is 0 Å². The first kappa shape index (κ1) is 11.5. The molecular weight excluding hydrogens is 232 g/mol. The van der Waals surface area contributed by atoms with E-state index in [0.717, 1.165) is 0 Å². The van der Waals surface area contributed by atoms with E-state index in [0.29, 0.717) is 4.64 Å². The van der Waals surface area contributed by atoms with Gasteiger partial charge in [-0.1, -0.05) is 12.2 Å². The molecule has 0 bridgehead atoms. The van der Waals surface area contributed by atoms with E-state index in [-0.39, 0.29) is 18.7 Å². The molecule has 1 aromatic heterocycles. The van der Waals surface area contributed by atoms with Crippen LogP contribution < -0.4 is 5.69 Å². The molecule has 0 spiro atoms. The van der Waals surface area contributed by atoms with Crippen LogP contribution >= 0.6 is 12.2 Å². The van der Waals surface area contributed by atoms with Gasteiger partial charge in [-0.15, -0.1) is 0 Å². The smallest absolute Gasteiger partial charge is 0.328 e. The van der Waals surface area contributed by atoms with Gasteiger partial charge in [0.15, 0.2) is 0 Å². The topological polar surface area (TPSA) is 87.5 Å². The maximum atomic E-state index is 11.5. The maximum absolute atomic E-state index is 11.5. The second-order valence-electron chi connectivity index (χ2n) is 3.63. The largest absolute Gasteiger partial charge is 0.394 e. The minimum absolute atomic E-state index is 0.269. The molecule has 1 fully saturated rings. The van der Waals surface area contributed by atoms with Crippen LogP contribution in [-0.4, -0.2) is 38.6 Å². The van der Waals surface area contributed by atoms with Crippen molar-refractivity contribution in [2.45, 2.75) is 24.9 Å². The summed E-state index contributed by atoms with van der Waals surface area (Å²) in [6, 6.07) is 1.57. The Bertz CT molecular complexity index is 483. The monoisotopic (exact) mass is 244 g/mol. The number of rotatable bonds is 2. The van der Waals surface area contributed by atoms with Crippen molar-refractivity contribution in [1.82, 2.24) is 9.55 Å². The number of aromatic nitrogens is 2. The van der Waals surface area contributed by atoms with Crippen molar-refractivity contribution in [3.8, 4) is 0 Å². The normalized spacial score (nSPS) is 29.5. The van der Waals surface area contributed by atoms with Crippen molar-refractivity contribution >= 4 is 12.2 Å². The Balaban J connectivity index is 2.27. The molecule has 1 aliphatic heterocycles. The van der Waals surface area contributed by atoms with Crippen LogP contribution in [-0.2, 0) is 4.74 Å². The van der Waals surface area contributed by atoms with Crippen LogP contribution in [0.25, 0.3) is 0 Å². The summed E-state index contributed by atoms with van der Waals surface area (Å²) in [5.41, 5.74) is -0.386. The summed E-state index contributed by atoms with van der Waals surface area (Å²) in [7, 11) is 0. The number of H-pyrrole nitrogens is 1. The van der Waals surface area contributed by atoms with E-state index in [4.69, 9.17) is 22.1 Å². The van der Waals surface area contributed by atoms with Crippen molar-refractivity contribution in [2.24, 2.45) is 0 Å². The van der Waals surface area contributed by atoms with Gasteiger partial charge in [-0.3, -0.25) is 9.55 Å². The Kier molecular flexibility index (Phi) is 3.20. The van der Waals surface area contributed by atoms with E-state index in [9.17, 15) is 9.90 Å². The first-order valence-electron chi connectivity index (χ1n) is 4.87. The average Bonchev–Trinajstić information content (AvgIpc) is 2.59. The molecule has 3 N–H and O–H groups in total. The highest BCUT2D eigenvalue weighted by Crippen LogP contribution is 2.26. The molecule has 1 aliphatic rings. The van der Waals surface area contributed by atoms with Crippen LogP contribution in [0.2, 0.25) is 0 Å². The van der Waals surface area contributed by atoms with E-state index >= 15 is 0 Å². The van der Waals surface area contributed by atoms with Gasteiger partial charge in [-0.05, 0) is 6.07 Å². The molecule has 88 valence electrons. The van der Waals surface area contributed by atoms with E-state index in [1.807, 2.05) is 0 Å². The molecule has 1 aromatic rings. The summed E-state index contributed by atoms with van der Waals surface area (Å²) in [4.78, 5) is 14.0. The van der Waals surface area contributed by atoms with Crippen molar-refractivity contribution < 1.29 is 14.9 Å². The zero-order valence-electron chi connectivity index (χ0n) is 8.37. The highest BCUT2D eigenvalue weighted by atomic mass is 32.1. The number of nitrogens with one attached hydrogen (secondary N) is 1. The lowest BCUT2D eigenvalue weighted by molar-refractivity contribution is -0.0459. The molecule has 6 nitrogen and oxygen atoms in total. The van der Waals surface area contributed by atoms with E-state index in [1.54, 1.807) is 6.07 Å². The second kappa shape index (κ2) is 4.46. The molecule has 0 aliphatic carbocycles. The number of hydrogen-bond acceptors (Lipinski definition) is 5.